The number of rotatable bonds is 9. The van der Waals surface area contributed by atoms with Crippen LogP contribution in [0.4, 0.5) is 8.78 Å². The van der Waals surface area contributed by atoms with Crippen LogP contribution in [0, 0.1) is 11.6 Å². The Morgan fingerprint density at radius 2 is 1.26 bits per heavy atom. The number of benzene rings is 3. The number of hydrogen-bond acceptors (Lipinski definition) is 3. The Hall–Kier alpha value is -2.71. The van der Waals surface area contributed by atoms with Gasteiger partial charge in [-0.25, -0.2) is 13.6 Å². The van der Waals surface area contributed by atoms with E-state index in [9.17, 15) is 13.6 Å². The van der Waals surface area contributed by atoms with Crippen LogP contribution in [0.2, 0.25) is 0 Å². The largest absolute Gasteiger partial charge is 0.326 e. The van der Waals surface area contributed by atoms with E-state index in [2.05, 4.69) is 14.8 Å². The Balaban J connectivity index is 0.00000200. The number of piperazine rings is 1. The highest BCUT2D eigenvalue weighted by Crippen LogP contribution is 2.30. The number of H-pyrrole nitrogens is 1. The van der Waals surface area contributed by atoms with Crippen molar-refractivity contribution in [2.75, 3.05) is 32.7 Å². The molecule has 1 N–H and O–H groups in total. The normalized spacial score (nSPS) is 14.4. The molecule has 204 valence electrons. The zero-order chi connectivity index (χ0) is 24.9. The second-order valence-electron chi connectivity index (χ2n) is 9.54. The summed E-state index contributed by atoms with van der Waals surface area (Å²) in [4.78, 5) is 20.0. The predicted octanol–water partition coefficient (Wildman–Crippen LogP) is 6.03. The summed E-state index contributed by atoms with van der Waals surface area (Å²) in [6, 6.07) is 21.1. The molecule has 4 aromatic rings. The van der Waals surface area contributed by atoms with Crippen LogP contribution < -0.4 is 5.69 Å². The van der Waals surface area contributed by atoms with Crippen LogP contribution in [-0.4, -0.2) is 52.1 Å². The van der Waals surface area contributed by atoms with E-state index >= 15 is 0 Å². The lowest BCUT2D eigenvalue weighted by molar-refractivity contribution is 0.108. The first-order chi connectivity index (χ1) is 17.6. The summed E-state index contributed by atoms with van der Waals surface area (Å²) in [6.45, 7) is 5.47. The smallest absolute Gasteiger partial charge is 0.306 e. The molecule has 1 aromatic heterocycles. The third kappa shape index (κ3) is 7.03. The summed E-state index contributed by atoms with van der Waals surface area (Å²) >= 11 is 0. The molecule has 1 saturated heterocycles. The van der Waals surface area contributed by atoms with Gasteiger partial charge in [0, 0.05) is 32.7 Å². The molecule has 2 heterocycles. The summed E-state index contributed by atoms with van der Waals surface area (Å²) in [5, 5.41) is 0. The van der Waals surface area contributed by atoms with E-state index in [1.807, 2.05) is 53.1 Å². The van der Waals surface area contributed by atoms with Crippen molar-refractivity contribution in [3.05, 3.63) is 106 Å². The highest BCUT2D eigenvalue weighted by molar-refractivity contribution is 5.85. The first-order valence-electron chi connectivity index (χ1n) is 12.7. The Kier molecular flexibility index (Phi) is 10.9. The summed E-state index contributed by atoms with van der Waals surface area (Å²) in [5.74, 6) is -0.507. The van der Waals surface area contributed by atoms with Gasteiger partial charge >= 0.3 is 5.69 Å². The van der Waals surface area contributed by atoms with Gasteiger partial charge in [0.25, 0.3) is 0 Å². The van der Waals surface area contributed by atoms with Gasteiger partial charge in [0.05, 0.1) is 17.1 Å². The van der Waals surface area contributed by atoms with E-state index in [0.29, 0.717) is 0 Å². The molecular formula is C29H34Cl2F2N4O. The molecule has 0 amide bonds. The molecule has 38 heavy (non-hydrogen) atoms. The van der Waals surface area contributed by atoms with E-state index in [-0.39, 0.29) is 48.2 Å². The molecule has 0 unspecified atom stereocenters. The number of aromatic nitrogens is 2. The third-order valence-electron chi connectivity index (χ3n) is 7.18. The number of aromatic amines is 1. The molecule has 3 aromatic carbocycles. The van der Waals surface area contributed by atoms with Gasteiger partial charge in [0.15, 0.2) is 0 Å². The lowest BCUT2D eigenvalue weighted by Crippen LogP contribution is -2.48. The number of nitrogens with one attached hydrogen (secondary N) is 1. The second-order valence-corrected chi connectivity index (χ2v) is 9.54. The molecule has 0 atom stereocenters. The molecule has 0 spiro atoms. The number of unbranched alkanes of at least 4 members (excludes halogenated alkanes) is 2. The van der Waals surface area contributed by atoms with E-state index in [1.54, 1.807) is 0 Å². The maximum absolute atomic E-state index is 13.6. The van der Waals surface area contributed by atoms with Crippen molar-refractivity contribution >= 4 is 35.8 Å². The highest BCUT2D eigenvalue weighted by Gasteiger charge is 2.26. The molecule has 1 fully saturated rings. The molecule has 0 aliphatic carbocycles. The van der Waals surface area contributed by atoms with Gasteiger partial charge in [-0.2, -0.15) is 0 Å². The van der Waals surface area contributed by atoms with Crippen molar-refractivity contribution in [2.45, 2.75) is 31.8 Å². The standard InChI is InChI=1S/C29H32F2N4O.2ClH/c30-24-12-8-22(9-13-24)28(23-10-14-25(31)15-11-23)34-20-18-33(19-21-34)16-4-1-5-17-35-27-7-3-2-6-26(27)32-29(35)36;;/h2-3,6-15,28H,1,4-5,16-21H2,(H,32,36);2*1H. The van der Waals surface area contributed by atoms with Crippen molar-refractivity contribution in [1.29, 1.82) is 0 Å². The van der Waals surface area contributed by atoms with Gasteiger partial charge in [0.2, 0.25) is 0 Å². The van der Waals surface area contributed by atoms with Gasteiger partial charge in [-0.3, -0.25) is 9.47 Å². The minimum absolute atomic E-state index is 0. The monoisotopic (exact) mass is 562 g/mol. The van der Waals surface area contributed by atoms with Crippen molar-refractivity contribution in [3.8, 4) is 0 Å². The molecule has 0 saturated carbocycles. The fraction of sp³-hybridized carbons (Fsp3) is 0.345. The summed E-state index contributed by atoms with van der Waals surface area (Å²) in [6.07, 6.45) is 3.13. The van der Waals surface area contributed by atoms with Crippen LogP contribution in [0.3, 0.4) is 0 Å². The Labute approximate surface area is 234 Å². The van der Waals surface area contributed by atoms with E-state index in [0.717, 1.165) is 80.7 Å². The van der Waals surface area contributed by atoms with Crippen molar-refractivity contribution in [3.63, 3.8) is 0 Å². The van der Waals surface area contributed by atoms with Gasteiger partial charge in [0.1, 0.15) is 11.6 Å². The molecule has 5 rings (SSSR count). The highest BCUT2D eigenvalue weighted by atomic mass is 35.5. The number of nitrogens with zero attached hydrogens (tertiary/aromatic N) is 3. The number of imidazole rings is 1. The molecule has 0 bridgehead atoms. The van der Waals surface area contributed by atoms with Crippen LogP contribution >= 0.6 is 24.8 Å². The summed E-state index contributed by atoms with van der Waals surface area (Å²) in [7, 11) is 0. The van der Waals surface area contributed by atoms with E-state index < -0.39 is 0 Å². The molecule has 1 aliphatic heterocycles. The fourth-order valence-corrected chi connectivity index (χ4v) is 5.26. The Morgan fingerprint density at radius 1 is 0.711 bits per heavy atom. The van der Waals surface area contributed by atoms with Gasteiger partial charge in [-0.1, -0.05) is 42.8 Å². The van der Waals surface area contributed by atoms with Gasteiger partial charge in [-0.05, 0) is 66.9 Å². The number of aryl methyl sites for hydroxylation is 1. The molecule has 9 heteroatoms. The number of halogens is 4. The number of para-hydroxylation sites is 2. The average molecular weight is 564 g/mol. The summed E-state index contributed by atoms with van der Waals surface area (Å²) < 4.78 is 28.9. The second kappa shape index (κ2) is 13.9. The molecular weight excluding hydrogens is 529 g/mol. The topological polar surface area (TPSA) is 44.3 Å². The quantitative estimate of drug-likeness (QED) is 0.253. The third-order valence-corrected chi connectivity index (χ3v) is 7.18. The number of fused-ring (bicyclic) bond motifs is 1. The average Bonchev–Trinajstić information content (AvgIpc) is 3.22. The van der Waals surface area contributed by atoms with E-state index in [4.69, 9.17) is 0 Å². The van der Waals surface area contributed by atoms with Crippen LogP contribution in [0.15, 0.2) is 77.6 Å². The predicted molar refractivity (Wildman–Crippen MR) is 154 cm³/mol. The lowest BCUT2D eigenvalue weighted by atomic mass is 9.96. The zero-order valence-corrected chi connectivity index (χ0v) is 22.8. The molecule has 0 radical (unpaired) electrons. The number of hydrogen-bond donors (Lipinski definition) is 1. The molecule has 1 aliphatic rings. The maximum Gasteiger partial charge on any atom is 0.326 e. The first kappa shape index (κ1) is 29.8. The fourth-order valence-electron chi connectivity index (χ4n) is 5.26. The van der Waals surface area contributed by atoms with E-state index in [1.165, 1.54) is 24.3 Å². The minimum Gasteiger partial charge on any atom is -0.306 e. The van der Waals surface area contributed by atoms with Crippen molar-refractivity contribution < 1.29 is 8.78 Å². The Bertz CT molecular complexity index is 1290. The van der Waals surface area contributed by atoms with Crippen LogP contribution in [0.1, 0.15) is 36.4 Å². The first-order valence-corrected chi connectivity index (χ1v) is 12.7. The lowest BCUT2D eigenvalue weighted by Gasteiger charge is -2.40. The van der Waals surface area contributed by atoms with Crippen LogP contribution in [0.5, 0.6) is 0 Å². The molecule has 5 nitrogen and oxygen atoms in total. The maximum atomic E-state index is 13.6. The zero-order valence-electron chi connectivity index (χ0n) is 21.2. The minimum atomic E-state index is -0.254. The summed E-state index contributed by atoms with van der Waals surface area (Å²) in [5.41, 5.74) is 3.85. The van der Waals surface area contributed by atoms with Crippen molar-refractivity contribution in [2.24, 2.45) is 0 Å². The van der Waals surface area contributed by atoms with Crippen LogP contribution in [-0.2, 0) is 6.54 Å². The SMILES string of the molecule is Cl.Cl.O=c1[nH]c2ccccc2n1CCCCCN1CCN(C(c2ccc(F)cc2)c2ccc(F)cc2)CC1. The van der Waals surface area contributed by atoms with Crippen molar-refractivity contribution in [1.82, 2.24) is 19.4 Å². The van der Waals surface area contributed by atoms with Crippen LogP contribution in [0.25, 0.3) is 11.0 Å². The van der Waals surface area contributed by atoms with Gasteiger partial charge < -0.3 is 9.88 Å². The van der Waals surface area contributed by atoms with Gasteiger partial charge in [-0.15, -0.1) is 24.8 Å². The Morgan fingerprint density at radius 3 is 1.87 bits per heavy atom.